The lowest BCUT2D eigenvalue weighted by atomic mass is 10.1. The summed E-state index contributed by atoms with van der Waals surface area (Å²) in [6, 6.07) is 1.35. The fourth-order valence-electron chi connectivity index (χ4n) is 0.845. The van der Waals surface area contributed by atoms with Crippen LogP contribution >= 0.6 is 0 Å². The Labute approximate surface area is 71.2 Å². The molecular weight excluding hydrogens is 152 g/mol. The molecule has 0 aliphatic carbocycles. The molecule has 0 bridgehead atoms. The molecule has 62 valence electrons. The molecule has 0 radical (unpaired) electrons. The van der Waals surface area contributed by atoms with Gasteiger partial charge >= 0.3 is 0 Å². The number of hydrogen-bond acceptors (Lipinski definition) is 3. The van der Waals surface area contributed by atoms with E-state index in [0.29, 0.717) is 5.56 Å². The van der Waals surface area contributed by atoms with Crippen LogP contribution in [0.1, 0.15) is 17.2 Å². The van der Waals surface area contributed by atoms with Crippen LogP contribution < -0.4 is 5.73 Å². The predicted molar refractivity (Wildman–Crippen MR) is 46.2 cm³/mol. The van der Waals surface area contributed by atoms with Crippen LogP contribution in [0.25, 0.3) is 0 Å². The summed E-state index contributed by atoms with van der Waals surface area (Å²) < 4.78 is 0. The number of aliphatic hydroxyl groups excluding tert-OH is 1. The molecule has 0 saturated heterocycles. The fraction of sp³-hybridized carbons (Fsp3) is 0.222. The Hall–Kier alpha value is -1.37. The Kier molecular flexibility index (Phi) is 2.81. The maximum Gasteiger partial charge on any atom is 0.0624 e. The summed E-state index contributed by atoms with van der Waals surface area (Å²) in [6.07, 6.45) is 8.34. The first-order chi connectivity index (χ1) is 5.77. The first kappa shape index (κ1) is 8.72. The Balaban J connectivity index is 2.95. The van der Waals surface area contributed by atoms with Crippen molar-refractivity contribution >= 4 is 0 Å². The molecule has 3 N–H and O–H groups in total. The second-order valence-corrected chi connectivity index (χ2v) is 2.44. The second kappa shape index (κ2) is 3.86. The molecule has 0 spiro atoms. The Morgan fingerprint density at radius 1 is 1.67 bits per heavy atom. The molecule has 0 saturated carbocycles. The highest BCUT2D eigenvalue weighted by Gasteiger charge is 2.03. The molecule has 3 nitrogen and oxygen atoms in total. The van der Waals surface area contributed by atoms with Crippen molar-refractivity contribution in [3.05, 3.63) is 29.6 Å². The van der Waals surface area contributed by atoms with Gasteiger partial charge in [0.2, 0.25) is 0 Å². The average Bonchev–Trinajstić information content (AvgIpc) is 2.17. The van der Waals surface area contributed by atoms with E-state index in [1.165, 1.54) is 0 Å². The Morgan fingerprint density at radius 2 is 2.42 bits per heavy atom. The summed E-state index contributed by atoms with van der Waals surface area (Å²) in [5.41, 5.74) is 6.99. The highest BCUT2D eigenvalue weighted by Crippen LogP contribution is 2.08. The van der Waals surface area contributed by atoms with E-state index in [2.05, 4.69) is 10.9 Å². The van der Waals surface area contributed by atoms with Gasteiger partial charge in [0.1, 0.15) is 0 Å². The molecule has 0 aromatic carbocycles. The first-order valence-electron chi connectivity index (χ1n) is 3.56. The third-order valence-corrected chi connectivity index (χ3v) is 1.55. The van der Waals surface area contributed by atoms with Crippen molar-refractivity contribution in [2.24, 2.45) is 5.73 Å². The van der Waals surface area contributed by atoms with Gasteiger partial charge in [-0.2, -0.15) is 0 Å². The molecule has 12 heavy (non-hydrogen) atoms. The van der Waals surface area contributed by atoms with Gasteiger partial charge in [0.15, 0.2) is 0 Å². The normalized spacial score (nSPS) is 12.1. The highest BCUT2D eigenvalue weighted by atomic mass is 16.3. The first-order valence-corrected chi connectivity index (χ1v) is 3.56. The van der Waals surface area contributed by atoms with Gasteiger partial charge in [-0.3, -0.25) is 4.98 Å². The van der Waals surface area contributed by atoms with E-state index in [9.17, 15) is 0 Å². The number of hydrogen-bond donors (Lipinski definition) is 2. The van der Waals surface area contributed by atoms with E-state index in [4.69, 9.17) is 17.3 Å². The molecular formula is C9H10N2O. The number of aromatic nitrogens is 1. The third-order valence-electron chi connectivity index (χ3n) is 1.55. The van der Waals surface area contributed by atoms with Gasteiger partial charge < -0.3 is 10.8 Å². The summed E-state index contributed by atoms with van der Waals surface area (Å²) in [5, 5.41) is 8.75. The summed E-state index contributed by atoms with van der Waals surface area (Å²) in [5.74, 6) is 2.45. The van der Waals surface area contributed by atoms with Gasteiger partial charge in [0.25, 0.3) is 0 Å². The Bertz CT molecular complexity index is 304. The van der Waals surface area contributed by atoms with Crippen molar-refractivity contribution in [2.45, 2.75) is 6.04 Å². The maximum absolute atomic E-state index is 8.75. The van der Waals surface area contributed by atoms with Crippen LogP contribution in [0.15, 0.2) is 18.5 Å². The maximum atomic E-state index is 8.75. The zero-order valence-corrected chi connectivity index (χ0v) is 6.57. The van der Waals surface area contributed by atoms with Crippen molar-refractivity contribution in [2.75, 3.05) is 6.61 Å². The molecule has 1 rings (SSSR count). The molecule has 0 amide bonds. The molecule has 1 aromatic heterocycles. The van der Waals surface area contributed by atoms with E-state index in [1.807, 2.05) is 0 Å². The van der Waals surface area contributed by atoms with Crippen LogP contribution in [0.3, 0.4) is 0 Å². The Morgan fingerprint density at radius 3 is 3.00 bits per heavy atom. The van der Waals surface area contributed by atoms with E-state index >= 15 is 0 Å². The van der Waals surface area contributed by atoms with E-state index in [-0.39, 0.29) is 6.61 Å². The van der Waals surface area contributed by atoms with Crippen molar-refractivity contribution in [1.29, 1.82) is 0 Å². The highest BCUT2D eigenvalue weighted by molar-refractivity contribution is 5.33. The second-order valence-electron chi connectivity index (χ2n) is 2.44. The molecule has 1 aromatic rings. The van der Waals surface area contributed by atoms with Crippen molar-refractivity contribution < 1.29 is 5.11 Å². The minimum atomic E-state index is -0.397. The summed E-state index contributed by atoms with van der Waals surface area (Å²) in [6.45, 7) is -0.101. The lowest BCUT2D eigenvalue weighted by Crippen LogP contribution is -2.14. The molecule has 1 atom stereocenters. The van der Waals surface area contributed by atoms with E-state index in [0.717, 1.165) is 5.56 Å². The van der Waals surface area contributed by atoms with E-state index < -0.39 is 6.04 Å². The molecule has 3 heteroatoms. The van der Waals surface area contributed by atoms with Crippen LogP contribution in [-0.2, 0) is 0 Å². The standard InChI is InChI=1S/C9H10N2O/c1-2-7-3-8(5-11-4-7)9(10)6-12/h1,3-5,9,12H,6,10H2/t9-/m0/s1. The zero-order valence-electron chi connectivity index (χ0n) is 6.57. The molecule has 1 heterocycles. The molecule has 0 fully saturated rings. The number of rotatable bonds is 2. The fourth-order valence-corrected chi connectivity index (χ4v) is 0.845. The van der Waals surface area contributed by atoms with Crippen LogP contribution in [0, 0.1) is 12.3 Å². The summed E-state index contributed by atoms with van der Waals surface area (Å²) in [4.78, 5) is 3.89. The van der Waals surface area contributed by atoms with Gasteiger partial charge in [-0.1, -0.05) is 5.92 Å². The molecule has 0 aliphatic heterocycles. The van der Waals surface area contributed by atoms with Gasteiger partial charge in [0.05, 0.1) is 12.6 Å². The van der Waals surface area contributed by atoms with Crippen LogP contribution in [0.2, 0.25) is 0 Å². The predicted octanol–water partition coefficient (Wildman–Crippen LogP) is 0.0550. The van der Waals surface area contributed by atoms with Gasteiger partial charge in [0, 0.05) is 18.0 Å². The van der Waals surface area contributed by atoms with Gasteiger partial charge in [-0.05, 0) is 11.6 Å². The number of nitrogens with two attached hydrogens (primary N) is 1. The quantitative estimate of drug-likeness (QED) is 0.604. The lowest BCUT2D eigenvalue weighted by molar-refractivity contribution is 0.268. The monoisotopic (exact) mass is 162 g/mol. The van der Waals surface area contributed by atoms with Gasteiger partial charge in [-0.25, -0.2) is 0 Å². The smallest absolute Gasteiger partial charge is 0.0624 e. The van der Waals surface area contributed by atoms with Crippen molar-refractivity contribution in [3.8, 4) is 12.3 Å². The summed E-state index contributed by atoms with van der Waals surface area (Å²) >= 11 is 0. The van der Waals surface area contributed by atoms with Crippen molar-refractivity contribution in [1.82, 2.24) is 4.98 Å². The topological polar surface area (TPSA) is 59.1 Å². The van der Waals surface area contributed by atoms with Crippen molar-refractivity contribution in [3.63, 3.8) is 0 Å². The number of pyridine rings is 1. The van der Waals surface area contributed by atoms with E-state index in [1.54, 1.807) is 18.5 Å². The number of aliphatic hydroxyl groups is 1. The minimum Gasteiger partial charge on any atom is -0.394 e. The van der Waals surface area contributed by atoms with Gasteiger partial charge in [-0.15, -0.1) is 6.42 Å². The largest absolute Gasteiger partial charge is 0.394 e. The van der Waals surface area contributed by atoms with Crippen LogP contribution in [0.5, 0.6) is 0 Å². The average molecular weight is 162 g/mol. The van der Waals surface area contributed by atoms with Crippen LogP contribution in [-0.4, -0.2) is 16.7 Å². The zero-order chi connectivity index (χ0) is 8.97. The SMILES string of the molecule is C#Cc1cncc([C@@H](N)CO)c1. The lowest BCUT2D eigenvalue weighted by Gasteiger charge is -2.07. The van der Waals surface area contributed by atoms with Crippen LogP contribution in [0.4, 0.5) is 0 Å². The minimum absolute atomic E-state index is 0.101. The molecule has 0 aliphatic rings. The number of nitrogens with zero attached hydrogens (tertiary/aromatic N) is 1. The number of terminal acetylenes is 1. The summed E-state index contributed by atoms with van der Waals surface area (Å²) in [7, 11) is 0. The molecule has 0 unspecified atom stereocenters. The third kappa shape index (κ3) is 1.82.